The van der Waals surface area contributed by atoms with Crippen LogP contribution in [-0.4, -0.2) is 66.5 Å². The van der Waals surface area contributed by atoms with Crippen LogP contribution in [0.25, 0.3) is 10.9 Å². The van der Waals surface area contributed by atoms with Gasteiger partial charge in [-0.05, 0) is 55.6 Å². The number of aromatic nitrogens is 1. The number of nitrogens with zero attached hydrogens (tertiary/aromatic N) is 1. The van der Waals surface area contributed by atoms with Gasteiger partial charge in [0, 0.05) is 17.4 Å². The Labute approximate surface area is 214 Å². The number of hydrogen-bond acceptors (Lipinski definition) is 8. The highest BCUT2D eigenvalue weighted by Gasteiger charge is 2.31. The van der Waals surface area contributed by atoms with Crippen LogP contribution >= 0.6 is 0 Å². The van der Waals surface area contributed by atoms with Gasteiger partial charge in [-0.15, -0.1) is 0 Å². The second kappa shape index (κ2) is 12.2. The highest BCUT2D eigenvalue weighted by Crippen LogP contribution is 2.30. The lowest BCUT2D eigenvalue weighted by Gasteiger charge is -2.34. The quantitative estimate of drug-likeness (QED) is 0.279. The van der Waals surface area contributed by atoms with Crippen LogP contribution in [0.2, 0.25) is 0 Å². The van der Waals surface area contributed by atoms with Crippen LogP contribution in [0.4, 0.5) is 4.39 Å². The molecule has 1 aliphatic rings. The molecule has 2 unspecified atom stereocenters. The van der Waals surface area contributed by atoms with E-state index in [-0.39, 0.29) is 37.1 Å². The Balaban J connectivity index is 1.27. The molecule has 198 valence electrons. The fourth-order valence-corrected chi connectivity index (χ4v) is 4.53. The topological polar surface area (TPSA) is 127 Å². The molecule has 4 rings (SSSR count). The molecule has 1 saturated heterocycles. The number of halogens is 1. The van der Waals surface area contributed by atoms with Gasteiger partial charge in [-0.2, -0.15) is 0 Å². The van der Waals surface area contributed by atoms with Crippen molar-refractivity contribution in [1.29, 1.82) is 0 Å². The van der Waals surface area contributed by atoms with Gasteiger partial charge in [-0.25, -0.2) is 9.18 Å². The minimum atomic E-state index is -1.34. The predicted molar refractivity (Wildman–Crippen MR) is 134 cm³/mol. The molecule has 1 aromatic heterocycles. The number of ether oxygens (including phenoxy) is 3. The van der Waals surface area contributed by atoms with Gasteiger partial charge in [0.1, 0.15) is 30.1 Å². The number of carbonyl (C=O) groups is 2. The van der Waals surface area contributed by atoms with E-state index in [0.29, 0.717) is 24.0 Å². The third-order valence-electron chi connectivity index (χ3n) is 6.69. The molecule has 0 bridgehead atoms. The van der Waals surface area contributed by atoms with Gasteiger partial charge in [0.15, 0.2) is 0 Å². The van der Waals surface area contributed by atoms with E-state index in [1.54, 1.807) is 6.07 Å². The molecular formula is C27H32FN3O6. The van der Waals surface area contributed by atoms with Crippen molar-refractivity contribution in [3.63, 3.8) is 0 Å². The number of hydrogen-bond donors (Lipinski definition) is 3. The molecule has 3 aromatic rings. The van der Waals surface area contributed by atoms with Crippen molar-refractivity contribution in [1.82, 2.24) is 9.88 Å². The van der Waals surface area contributed by atoms with Crippen LogP contribution < -0.4 is 10.5 Å². The van der Waals surface area contributed by atoms with E-state index in [0.717, 1.165) is 18.4 Å². The molecule has 1 aliphatic heterocycles. The van der Waals surface area contributed by atoms with Gasteiger partial charge in [0.2, 0.25) is 5.88 Å². The van der Waals surface area contributed by atoms with E-state index < -0.39 is 29.9 Å². The molecule has 4 N–H and O–H groups in total. The van der Waals surface area contributed by atoms with E-state index in [2.05, 4.69) is 4.98 Å². The molecule has 0 amide bonds. The summed E-state index contributed by atoms with van der Waals surface area (Å²) >= 11 is 0. The largest absolute Gasteiger partial charge is 0.482 e. The summed E-state index contributed by atoms with van der Waals surface area (Å²) in [5.74, 6) is -2.10. The summed E-state index contributed by atoms with van der Waals surface area (Å²) in [7, 11) is 1.43. The van der Waals surface area contributed by atoms with E-state index in [1.807, 2.05) is 35.2 Å². The maximum atomic E-state index is 13.8. The number of likely N-dealkylation sites (tertiary alicyclic amines) is 1. The minimum absolute atomic E-state index is 0.115. The number of carbonyl (C=O) groups excluding carboxylic acids is 2. The number of nitrogens with one attached hydrogen (secondary N) is 1. The monoisotopic (exact) mass is 513 g/mol. The summed E-state index contributed by atoms with van der Waals surface area (Å²) in [6.07, 6.45) is 0.136. The van der Waals surface area contributed by atoms with Crippen LogP contribution in [0.3, 0.4) is 0 Å². The van der Waals surface area contributed by atoms with Crippen molar-refractivity contribution in [2.75, 3.05) is 33.4 Å². The zero-order valence-corrected chi connectivity index (χ0v) is 20.7. The summed E-state index contributed by atoms with van der Waals surface area (Å²) in [5.41, 5.74) is 7.29. The number of rotatable bonds is 10. The highest BCUT2D eigenvalue weighted by atomic mass is 19.1. The summed E-state index contributed by atoms with van der Waals surface area (Å²) in [6, 6.07) is 13.4. The normalized spacial score (nSPS) is 16.3. The molecule has 10 heteroatoms. The van der Waals surface area contributed by atoms with Crippen molar-refractivity contribution in [2.24, 2.45) is 17.6 Å². The Morgan fingerprint density at radius 2 is 1.89 bits per heavy atom. The number of esters is 2. The molecule has 2 heterocycles. The van der Waals surface area contributed by atoms with E-state index in [1.165, 1.54) is 19.2 Å². The number of methoxy groups -OCH3 is 1. The van der Waals surface area contributed by atoms with Crippen LogP contribution in [0.15, 0.2) is 48.5 Å². The molecule has 0 radical (unpaired) electrons. The first-order valence-corrected chi connectivity index (χ1v) is 12.2. The second-order valence-corrected chi connectivity index (χ2v) is 9.26. The fraction of sp³-hybridized carbons (Fsp3) is 0.407. The first-order valence-electron chi connectivity index (χ1n) is 12.2. The Kier molecular flexibility index (Phi) is 8.75. The standard InChI is InChI=1S/C27H32FN3O6/c1-35-25-23(20-13-19(28)7-8-22(20)30-25)27(34)37-16-18-9-11-31(12-10-18)14-21(24(29)32)26(33)36-15-17-5-3-2-4-6-17/h2-8,13,18,21,24,30,32H,9-12,14-16,29H2,1H3. The summed E-state index contributed by atoms with van der Waals surface area (Å²) in [6.45, 7) is 1.90. The number of piperidine rings is 1. The maximum Gasteiger partial charge on any atom is 0.344 e. The van der Waals surface area contributed by atoms with Crippen LogP contribution in [0.1, 0.15) is 28.8 Å². The molecule has 1 fully saturated rings. The fourth-order valence-electron chi connectivity index (χ4n) is 4.53. The number of aliphatic hydroxyl groups excluding tert-OH is 1. The smallest absolute Gasteiger partial charge is 0.344 e. The SMILES string of the molecule is COc1[nH]c2ccc(F)cc2c1C(=O)OCC1CCN(CC(C(=O)OCc2ccccc2)C(N)O)CC1. The Morgan fingerprint density at radius 3 is 2.57 bits per heavy atom. The van der Waals surface area contributed by atoms with Crippen molar-refractivity contribution in [2.45, 2.75) is 25.7 Å². The van der Waals surface area contributed by atoms with Gasteiger partial charge < -0.3 is 34.9 Å². The van der Waals surface area contributed by atoms with Crippen LogP contribution in [0, 0.1) is 17.7 Å². The number of aromatic amines is 1. The average Bonchev–Trinajstić information content (AvgIpc) is 3.28. The third-order valence-corrected chi connectivity index (χ3v) is 6.69. The van der Waals surface area contributed by atoms with E-state index in [9.17, 15) is 19.1 Å². The van der Waals surface area contributed by atoms with Gasteiger partial charge in [-0.1, -0.05) is 30.3 Å². The van der Waals surface area contributed by atoms with Gasteiger partial charge in [0.25, 0.3) is 0 Å². The lowest BCUT2D eigenvalue weighted by atomic mass is 9.96. The van der Waals surface area contributed by atoms with Crippen molar-refractivity contribution < 1.29 is 33.3 Å². The summed E-state index contributed by atoms with van der Waals surface area (Å²) < 4.78 is 30.0. The Hall–Kier alpha value is -3.47. The van der Waals surface area contributed by atoms with Crippen molar-refractivity contribution in [3.05, 3.63) is 65.5 Å². The third kappa shape index (κ3) is 6.65. The second-order valence-electron chi connectivity index (χ2n) is 9.26. The zero-order chi connectivity index (χ0) is 26.4. The maximum absolute atomic E-state index is 13.8. The summed E-state index contributed by atoms with van der Waals surface area (Å²) in [5, 5.41) is 10.4. The molecule has 2 atom stereocenters. The Bertz CT molecular complexity index is 1210. The van der Waals surface area contributed by atoms with Gasteiger partial charge in [-0.3, -0.25) is 4.79 Å². The number of nitrogens with two attached hydrogens (primary N) is 1. The molecule has 0 saturated carbocycles. The predicted octanol–water partition coefficient (Wildman–Crippen LogP) is 2.82. The molecule has 9 nitrogen and oxygen atoms in total. The molecule has 0 spiro atoms. The Morgan fingerprint density at radius 1 is 1.16 bits per heavy atom. The van der Waals surface area contributed by atoms with Gasteiger partial charge in [0.05, 0.1) is 13.7 Å². The van der Waals surface area contributed by atoms with Crippen molar-refractivity contribution in [3.8, 4) is 5.88 Å². The van der Waals surface area contributed by atoms with E-state index >= 15 is 0 Å². The lowest BCUT2D eigenvalue weighted by Crippen LogP contribution is -2.46. The van der Waals surface area contributed by atoms with Gasteiger partial charge >= 0.3 is 11.9 Å². The summed E-state index contributed by atoms with van der Waals surface area (Å²) in [4.78, 5) is 30.4. The molecular weight excluding hydrogens is 481 g/mol. The zero-order valence-electron chi connectivity index (χ0n) is 20.7. The highest BCUT2D eigenvalue weighted by molar-refractivity contribution is 6.06. The van der Waals surface area contributed by atoms with E-state index in [4.69, 9.17) is 19.9 Å². The van der Waals surface area contributed by atoms with Crippen LogP contribution in [0.5, 0.6) is 5.88 Å². The molecule has 2 aromatic carbocycles. The van der Waals surface area contributed by atoms with Crippen LogP contribution in [-0.2, 0) is 20.9 Å². The first-order chi connectivity index (χ1) is 17.9. The number of aliphatic hydroxyl groups is 1. The average molecular weight is 514 g/mol. The number of fused-ring (bicyclic) bond motifs is 1. The lowest BCUT2D eigenvalue weighted by molar-refractivity contribution is -0.155. The first kappa shape index (κ1) is 26.6. The number of benzene rings is 2. The molecule has 0 aliphatic carbocycles. The van der Waals surface area contributed by atoms with Crippen molar-refractivity contribution >= 4 is 22.8 Å². The molecule has 37 heavy (non-hydrogen) atoms. The minimum Gasteiger partial charge on any atom is -0.482 e. The number of H-pyrrole nitrogens is 1.